The van der Waals surface area contributed by atoms with Crippen molar-refractivity contribution in [1.29, 1.82) is 0 Å². The van der Waals surface area contributed by atoms with Gasteiger partial charge in [0.05, 0.1) is 18.1 Å². The van der Waals surface area contributed by atoms with Gasteiger partial charge in [0.25, 0.3) is 0 Å². The number of nitrogens with two attached hydrogens (primary N) is 1. The predicted molar refractivity (Wildman–Crippen MR) is 42.6 cm³/mol. The Bertz CT molecular complexity index is 279. The van der Waals surface area contributed by atoms with E-state index in [0.717, 1.165) is 12.3 Å². The smallest absolute Gasteiger partial charge is 0.404 e. The van der Waals surface area contributed by atoms with Crippen molar-refractivity contribution >= 4 is 18.1 Å². The van der Waals surface area contributed by atoms with E-state index in [1.807, 2.05) is 0 Å². The van der Waals surface area contributed by atoms with E-state index in [4.69, 9.17) is 5.73 Å². The summed E-state index contributed by atoms with van der Waals surface area (Å²) >= 11 is 0. The Balaban J connectivity index is 0.00000144. The van der Waals surface area contributed by atoms with Crippen LogP contribution in [0.2, 0.25) is 0 Å². The summed E-state index contributed by atoms with van der Waals surface area (Å²) in [6, 6.07) is 1.04. The van der Waals surface area contributed by atoms with Crippen LogP contribution in [0, 0.1) is 0 Å². The fraction of sp³-hybridized carbons (Fsp3) is 0.167. The van der Waals surface area contributed by atoms with Crippen LogP contribution in [0.1, 0.15) is 0 Å². The molecule has 0 aliphatic heterocycles. The highest BCUT2D eigenvalue weighted by Crippen LogP contribution is 2.22. The van der Waals surface area contributed by atoms with Gasteiger partial charge in [0, 0.05) is 6.07 Å². The Morgan fingerprint density at radius 3 is 2.38 bits per heavy atom. The molecule has 13 heavy (non-hydrogen) atoms. The molecule has 0 fully saturated rings. The van der Waals surface area contributed by atoms with Gasteiger partial charge in [-0.25, -0.2) is 0 Å². The van der Waals surface area contributed by atoms with Crippen LogP contribution in [0.4, 0.5) is 18.9 Å². The molecule has 1 aromatic heterocycles. The lowest BCUT2D eigenvalue weighted by atomic mass is 10.4. The maximum absolute atomic E-state index is 11.6. The highest BCUT2D eigenvalue weighted by Gasteiger charge is 2.31. The van der Waals surface area contributed by atoms with Crippen LogP contribution < -0.4 is 10.5 Å². The summed E-state index contributed by atoms with van der Waals surface area (Å²) in [7, 11) is 0. The molecule has 74 valence electrons. The molecule has 0 saturated carbocycles. The van der Waals surface area contributed by atoms with Gasteiger partial charge in [-0.1, -0.05) is 0 Å². The second-order valence-electron chi connectivity index (χ2n) is 2.00. The van der Waals surface area contributed by atoms with Gasteiger partial charge in [0.2, 0.25) is 0 Å². The number of pyridine rings is 1. The zero-order chi connectivity index (χ0) is 9.19. The Kier molecular flexibility index (Phi) is 3.80. The highest BCUT2D eigenvalue weighted by atomic mass is 35.5. The second-order valence-corrected chi connectivity index (χ2v) is 2.00. The van der Waals surface area contributed by atoms with E-state index in [0.29, 0.717) is 0 Å². The van der Waals surface area contributed by atoms with Crippen molar-refractivity contribution in [3.05, 3.63) is 18.5 Å². The lowest BCUT2D eigenvalue weighted by Gasteiger charge is -2.07. The predicted octanol–water partition coefficient (Wildman–Crippen LogP) is 1.98. The first-order valence-corrected chi connectivity index (χ1v) is 2.93. The monoisotopic (exact) mass is 214 g/mol. The number of hydrogen-bond donors (Lipinski definition) is 1. The van der Waals surface area contributed by atoms with Crippen molar-refractivity contribution in [2.24, 2.45) is 0 Å². The van der Waals surface area contributed by atoms with Crippen LogP contribution in [-0.2, 0) is 0 Å². The average molecular weight is 215 g/mol. The Labute approximate surface area is 78.1 Å². The van der Waals surface area contributed by atoms with Crippen molar-refractivity contribution in [1.82, 2.24) is 4.98 Å². The average Bonchev–Trinajstić information content (AvgIpc) is 1.82. The van der Waals surface area contributed by atoms with Crippen molar-refractivity contribution in [2.75, 3.05) is 5.73 Å². The van der Waals surface area contributed by atoms with E-state index >= 15 is 0 Å². The first-order chi connectivity index (χ1) is 5.47. The van der Waals surface area contributed by atoms with Crippen molar-refractivity contribution in [3.8, 4) is 5.75 Å². The van der Waals surface area contributed by atoms with Crippen LogP contribution in [0.3, 0.4) is 0 Å². The van der Waals surface area contributed by atoms with Crippen molar-refractivity contribution in [2.45, 2.75) is 6.36 Å². The van der Waals surface area contributed by atoms with Crippen LogP contribution in [0.15, 0.2) is 18.5 Å². The summed E-state index contributed by atoms with van der Waals surface area (Å²) in [6.07, 6.45) is -2.54. The summed E-state index contributed by atoms with van der Waals surface area (Å²) in [5.41, 5.74) is 5.29. The Hall–Kier alpha value is -1.17. The number of anilines is 1. The fourth-order valence-corrected chi connectivity index (χ4v) is 0.625. The van der Waals surface area contributed by atoms with E-state index < -0.39 is 12.1 Å². The molecular formula is C6H6ClF3N2O. The summed E-state index contributed by atoms with van der Waals surface area (Å²) in [5.74, 6) is -0.414. The van der Waals surface area contributed by atoms with E-state index in [1.165, 1.54) is 6.20 Å². The molecule has 0 aromatic carbocycles. The van der Waals surface area contributed by atoms with Gasteiger partial charge >= 0.3 is 6.36 Å². The molecule has 0 aliphatic rings. The SMILES string of the molecule is Cl.Nc1cncc(OC(F)(F)F)c1. The number of halogens is 4. The lowest BCUT2D eigenvalue weighted by Crippen LogP contribution is -2.17. The molecule has 0 amide bonds. The molecule has 0 radical (unpaired) electrons. The molecule has 7 heteroatoms. The van der Waals surface area contributed by atoms with Crippen LogP contribution >= 0.6 is 12.4 Å². The number of alkyl halides is 3. The van der Waals surface area contributed by atoms with Gasteiger partial charge in [-0.15, -0.1) is 25.6 Å². The normalized spacial score (nSPS) is 10.4. The molecule has 0 bridgehead atoms. The van der Waals surface area contributed by atoms with Crippen molar-refractivity contribution < 1.29 is 17.9 Å². The molecule has 1 heterocycles. The van der Waals surface area contributed by atoms with Crippen LogP contribution in [0.5, 0.6) is 5.75 Å². The van der Waals surface area contributed by atoms with Crippen molar-refractivity contribution in [3.63, 3.8) is 0 Å². The minimum atomic E-state index is -4.70. The number of ether oxygens (including phenoxy) is 1. The van der Waals surface area contributed by atoms with E-state index in [2.05, 4.69) is 9.72 Å². The summed E-state index contributed by atoms with van der Waals surface area (Å²) in [5, 5.41) is 0. The van der Waals surface area contributed by atoms with Crippen LogP contribution in [0.25, 0.3) is 0 Å². The maximum Gasteiger partial charge on any atom is 0.573 e. The minimum absolute atomic E-state index is 0. The molecule has 1 rings (SSSR count). The Morgan fingerprint density at radius 1 is 1.31 bits per heavy atom. The third-order valence-electron chi connectivity index (χ3n) is 0.968. The molecule has 0 unspecified atom stereocenters. The van der Waals surface area contributed by atoms with E-state index in [1.54, 1.807) is 0 Å². The largest absolute Gasteiger partial charge is 0.573 e. The Morgan fingerprint density at radius 2 is 1.92 bits per heavy atom. The second kappa shape index (κ2) is 4.18. The van der Waals surface area contributed by atoms with Gasteiger partial charge in [0.15, 0.2) is 0 Å². The third kappa shape index (κ3) is 4.41. The van der Waals surface area contributed by atoms with Gasteiger partial charge in [0.1, 0.15) is 5.75 Å². The summed E-state index contributed by atoms with van der Waals surface area (Å²) < 4.78 is 38.3. The zero-order valence-electron chi connectivity index (χ0n) is 6.21. The van der Waals surface area contributed by atoms with E-state index in [9.17, 15) is 13.2 Å². The fourth-order valence-electron chi connectivity index (χ4n) is 0.625. The summed E-state index contributed by atoms with van der Waals surface area (Å²) in [6.45, 7) is 0. The zero-order valence-corrected chi connectivity index (χ0v) is 7.02. The molecule has 0 atom stereocenters. The van der Waals surface area contributed by atoms with Gasteiger partial charge < -0.3 is 10.5 Å². The molecule has 3 nitrogen and oxygen atoms in total. The topological polar surface area (TPSA) is 48.1 Å². The first kappa shape index (κ1) is 11.8. The molecule has 0 aliphatic carbocycles. The molecule has 2 N–H and O–H groups in total. The minimum Gasteiger partial charge on any atom is -0.404 e. The number of rotatable bonds is 1. The maximum atomic E-state index is 11.6. The number of nitrogens with zero attached hydrogens (tertiary/aromatic N) is 1. The molecular weight excluding hydrogens is 209 g/mol. The standard InChI is InChI=1S/C6H5F3N2O.ClH/c7-6(8,9)12-5-1-4(10)2-11-3-5;/h1-3H,10H2;1H. The van der Waals surface area contributed by atoms with E-state index in [-0.39, 0.29) is 18.1 Å². The molecule has 0 spiro atoms. The number of nitrogen functional groups attached to an aromatic ring is 1. The van der Waals surface area contributed by atoms with Gasteiger partial charge in [-0.3, -0.25) is 4.98 Å². The first-order valence-electron chi connectivity index (χ1n) is 2.93. The highest BCUT2D eigenvalue weighted by molar-refractivity contribution is 5.85. The quantitative estimate of drug-likeness (QED) is 0.778. The number of hydrogen-bond acceptors (Lipinski definition) is 3. The molecule has 0 saturated heterocycles. The molecule has 1 aromatic rings. The lowest BCUT2D eigenvalue weighted by molar-refractivity contribution is -0.274. The van der Waals surface area contributed by atoms with Crippen LogP contribution in [-0.4, -0.2) is 11.3 Å². The van der Waals surface area contributed by atoms with Gasteiger partial charge in [-0.05, 0) is 0 Å². The third-order valence-corrected chi connectivity index (χ3v) is 0.968. The van der Waals surface area contributed by atoms with Gasteiger partial charge in [-0.2, -0.15) is 0 Å². The number of aromatic nitrogens is 1. The summed E-state index contributed by atoms with van der Waals surface area (Å²) in [4.78, 5) is 3.42.